The van der Waals surface area contributed by atoms with Gasteiger partial charge in [-0.15, -0.1) is 0 Å². The Morgan fingerprint density at radius 1 is 1.37 bits per heavy atom. The van der Waals surface area contributed by atoms with Crippen molar-refractivity contribution >= 4 is 22.8 Å². The number of pyridine rings is 1. The molecule has 4 N–H and O–H groups in total. The molecule has 12 heteroatoms. The molecule has 2 aromatic heterocycles. The van der Waals surface area contributed by atoms with Gasteiger partial charge in [-0.05, 0) is 26.8 Å². The number of nitrogens with zero attached hydrogens (tertiary/aromatic N) is 2. The summed E-state index contributed by atoms with van der Waals surface area (Å²) in [6.07, 6.45) is -3.20. The van der Waals surface area contributed by atoms with Gasteiger partial charge in [0.1, 0.15) is 29.7 Å². The summed E-state index contributed by atoms with van der Waals surface area (Å²) in [5, 5.41) is 9.62. The first-order valence-corrected chi connectivity index (χ1v) is 9.41. The molecule has 4 atom stereocenters. The molecule has 0 aromatic carbocycles. The van der Waals surface area contributed by atoms with Crippen molar-refractivity contribution in [1.82, 2.24) is 14.5 Å². The molecule has 0 radical (unpaired) electrons. The molecule has 2 fully saturated rings. The second-order valence-electron chi connectivity index (χ2n) is 7.45. The molecule has 0 saturated carbocycles. The van der Waals surface area contributed by atoms with Crippen molar-refractivity contribution < 1.29 is 28.8 Å². The molecular weight excluding hydrogens is 400 g/mol. The van der Waals surface area contributed by atoms with E-state index in [1.807, 2.05) is 0 Å². The molecule has 30 heavy (non-hydrogen) atoms. The summed E-state index contributed by atoms with van der Waals surface area (Å²) in [6.45, 7) is 4.78. The van der Waals surface area contributed by atoms with E-state index >= 15 is 0 Å². The molecule has 2 aliphatic rings. The van der Waals surface area contributed by atoms with Crippen LogP contribution in [0.25, 0.3) is 11.0 Å². The van der Waals surface area contributed by atoms with Gasteiger partial charge >= 0.3 is 11.7 Å². The fourth-order valence-electron chi connectivity index (χ4n) is 3.81. The normalized spacial score (nSPS) is 27.3. The van der Waals surface area contributed by atoms with Crippen LogP contribution < -0.4 is 17.0 Å². The summed E-state index contributed by atoms with van der Waals surface area (Å²) in [4.78, 5) is 43.6. The number of H-pyrrole nitrogens is 1. The van der Waals surface area contributed by atoms with E-state index in [0.717, 1.165) is 4.57 Å². The van der Waals surface area contributed by atoms with Crippen LogP contribution in [0.3, 0.4) is 0 Å². The fourth-order valence-corrected chi connectivity index (χ4v) is 3.81. The molecular formula is C18H22N4O8. The maximum atomic E-state index is 12.7. The lowest BCUT2D eigenvalue weighted by atomic mass is 10.1. The highest BCUT2D eigenvalue weighted by atomic mass is 16.8. The lowest BCUT2D eigenvalue weighted by Gasteiger charge is -2.25. The van der Waals surface area contributed by atoms with Gasteiger partial charge in [-0.25, -0.2) is 19.1 Å². The van der Waals surface area contributed by atoms with Crippen LogP contribution >= 0.6 is 0 Å². The number of carbonyl (C=O) groups excluding carboxylic acids is 1. The van der Waals surface area contributed by atoms with E-state index in [1.165, 1.54) is 6.07 Å². The first kappa shape index (κ1) is 20.5. The van der Waals surface area contributed by atoms with Crippen molar-refractivity contribution in [3.8, 4) is 0 Å². The average Bonchev–Trinajstić information content (AvgIpc) is 3.14. The van der Waals surface area contributed by atoms with Gasteiger partial charge in [0.25, 0.3) is 5.56 Å². The van der Waals surface area contributed by atoms with Gasteiger partial charge in [0.15, 0.2) is 17.7 Å². The number of ether oxygens (including phenoxy) is 4. The summed E-state index contributed by atoms with van der Waals surface area (Å²) in [5.41, 5.74) is 4.17. The van der Waals surface area contributed by atoms with Gasteiger partial charge in [0.2, 0.25) is 0 Å². The number of aliphatic hydroxyl groups excluding tert-OH is 1. The zero-order chi connectivity index (χ0) is 21.8. The molecule has 2 saturated heterocycles. The number of nitrogens with two attached hydrogens (primary N) is 1. The largest absolute Gasteiger partial charge is 0.462 e. The topological polar surface area (TPSA) is 168 Å². The molecule has 0 aliphatic carbocycles. The Morgan fingerprint density at radius 2 is 2.07 bits per heavy atom. The van der Waals surface area contributed by atoms with E-state index in [0.29, 0.717) is 0 Å². The monoisotopic (exact) mass is 422 g/mol. The van der Waals surface area contributed by atoms with E-state index in [9.17, 15) is 19.5 Å². The first-order chi connectivity index (χ1) is 14.2. The third-order valence-electron chi connectivity index (χ3n) is 5.00. The van der Waals surface area contributed by atoms with E-state index in [1.54, 1.807) is 20.8 Å². The van der Waals surface area contributed by atoms with Crippen molar-refractivity contribution in [3.05, 3.63) is 32.5 Å². The van der Waals surface area contributed by atoms with Gasteiger partial charge in [-0.3, -0.25) is 9.78 Å². The minimum absolute atomic E-state index is 0.0578. The number of fused-ring (bicyclic) bond motifs is 2. The Labute approximate surface area is 169 Å². The minimum Gasteiger partial charge on any atom is -0.462 e. The number of nitrogen functional groups attached to an aromatic ring is 1. The molecule has 0 amide bonds. The van der Waals surface area contributed by atoms with Crippen molar-refractivity contribution in [2.24, 2.45) is 0 Å². The average molecular weight is 422 g/mol. The number of aliphatic hydroxyl groups is 1. The van der Waals surface area contributed by atoms with Gasteiger partial charge in [0.05, 0.1) is 18.6 Å². The third kappa shape index (κ3) is 3.17. The number of rotatable bonds is 4. The maximum Gasteiger partial charge on any atom is 0.341 e. The molecule has 4 heterocycles. The highest BCUT2D eigenvalue weighted by Crippen LogP contribution is 2.43. The van der Waals surface area contributed by atoms with Gasteiger partial charge in [-0.1, -0.05) is 0 Å². The van der Waals surface area contributed by atoms with Gasteiger partial charge in [0, 0.05) is 0 Å². The number of carbonyl (C=O) groups is 1. The second-order valence-corrected chi connectivity index (χ2v) is 7.45. The number of esters is 1. The van der Waals surface area contributed by atoms with Crippen LogP contribution in [-0.2, 0) is 18.9 Å². The van der Waals surface area contributed by atoms with E-state index in [2.05, 4.69) is 9.97 Å². The van der Waals surface area contributed by atoms with Gasteiger partial charge in [-0.2, -0.15) is 0 Å². The van der Waals surface area contributed by atoms with Crippen LogP contribution in [0.2, 0.25) is 0 Å². The van der Waals surface area contributed by atoms with E-state index in [4.69, 9.17) is 24.7 Å². The molecule has 0 spiro atoms. The zero-order valence-electron chi connectivity index (χ0n) is 16.6. The highest BCUT2D eigenvalue weighted by Gasteiger charge is 2.56. The Hall–Kier alpha value is -2.80. The lowest BCUT2D eigenvalue weighted by Crippen LogP contribution is -2.38. The van der Waals surface area contributed by atoms with Crippen molar-refractivity contribution in [2.45, 2.75) is 51.1 Å². The number of anilines is 1. The molecule has 2 aromatic rings. The van der Waals surface area contributed by atoms with Gasteiger partial charge < -0.3 is 29.8 Å². The summed E-state index contributed by atoms with van der Waals surface area (Å²) in [6, 6.07) is 1.22. The molecule has 2 aliphatic heterocycles. The summed E-state index contributed by atoms with van der Waals surface area (Å²) in [7, 11) is 0. The first-order valence-electron chi connectivity index (χ1n) is 9.41. The van der Waals surface area contributed by atoms with Crippen LogP contribution in [0.5, 0.6) is 0 Å². The molecule has 162 valence electrons. The lowest BCUT2D eigenvalue weighted by molar-refractivity contribution is -0.200. The Bertz CT molecular complexity index is 1120. The smallest absolute Gasteiger partial charge is 0.341 e. The summed E-state index contributed by atoms with van der Waals surface area (Å²) in [5.74, 6) is -1.92. The van der Waals surface area contributed by atoms with Crippen LogP contribution in [0.15, 0.2) is 15.7 Å². The van der Waals surface area contributed by atoms with E-state index in [-0.39, 0.29) is 35.6 Å². The van der Waals surface area contributed by atoms with Crippen LogP contribution in [0.1, 0.15) is 37.4 Å². The second kappa shape index (κ2) is 7.16. The highest BCUT2D eigenvalue weighted by molar-refractivity contribution is 5.97. The maximum absolute atomic E-state index is 12.7. The fraction of sp³-hybridized carbons (Fsp3) is 0.556. The Balaban J connectivity index is 1.89. The Morgan fingerprint density at radius 3 is 2.73 bits per heavy atom. The standard InChI is InChI=1S/C18H22N4O8/c1-4-27-16(25)7-5-8-13(20-12(7)19)22(17(26)21-14(8)24)15-11-10(9(6-23)28-15)29-18(2,3)30-11/h5,9-11,15,23H,4,6H2,1-3H3,(H2,19,20)(H,21,24,26)/t9-,10-,11-,15-/m1/s1. The Kier molecular flexibility index (Phi) is 4.89. The van der Waals surface area contributed by atoms with E-state index < -0.39 is 47.5 Å². The van der Waals surface area contributed by atoms with Crippen LogP contribution in [-0.4, -0.2) is 62.9 Å². The minimum atomic E-state index is -1.05. The van der Waals surface area contributed by atoms with Crippen molar-refractivity contribution in [1.29, 1.82) is 0 Å². The van der Waals surface area contributed by atoms with Crippen LogP contribution in [0.4, 0.5) is 5.82 Å². The molecule has 0 bridgehead atoms. The van der Waals surface area contributed by atoms with Crippen molar-refractivity contribution in [3.63, 3.8) is 0 Å². The number of aromatic amines is 1. The number of hydrogen-bond donors (Lipinski definition) is 3. The number of aromatic nitrogens is 3. The number of nitrogens with one attached hydrogen (secondary N) is 1. The summed E-state index contributed by atoms with van der Waals surface area (Å²) < 4.78 is 23.5. The number of hydrogen-bond acceptors (Lipinski definition) is 10. The SMILES string of the molecule is CCOC(=O)c1cc2c(=O)[nH]c(=O)n([C@@H]3O[C@H](CO)[C@H]4OC(C)(C)O[C@H]43)c2nc1N. The predicted molar refractivity (Wildman–Crippen MR) is 102 cm³/mol. The molecule has 12 nitrogen and oxygen atoms in total. The molecule has 4 rings (SSSR count). The summed E-state index contributed by atoms with van der Waals surface area (Å²) >= 11 is 0. The molecule has 0 unspecified atom stereocenters. The predicted octanol–water partition coefficient (Wildman–Crippen LogP) is -0.746. The van der Waals surface area contributed by atoms with Crippen molar-refractivity contribution in [2.75, 3.05) is 18.9 Å². The van der Waals surface area contributed by atoms with Crippen LogP contribution in [0, 0.1) is 0 Å². The zero-order valence-corrected chi connectivity index (χ0v) is 16.6. The third-order valence-corrected chi connectivity index (χ3v) is 5.00. The quantitative estimate of drug-likeness (QED) is 0.533.